The predicted molar refractivity (Wildman–Crippen MR) is 77.9 cm³/mol. The maximum absolute atomic E-state index is 5.54. The molecule has 0 radical (unpaired) electrons. The van der Waals surface area contributed by atoms with E-state index >= 15 is 0 Å². The number of unbranched alkanes of at least 4 members (excludes halogenated alkanes) is 1. The minimum Gasteiger partial charge on any atom is -0.330 e. The van der Waals surface area contributed by atoms with Crippen molar-refractivity contribution in [3.8, 4) is 0 Å². The molecule has 96 valence electrons. The van der Waals surface area contributed by atoms with Crippen molar-refractivity contribution in [3.05, 3.63) is 40.6 Å². The molecule has 0 fully saturated rings. The molecule has 2 rings (SSSR count). The third-order valence-electron chi connectivity index (χ3n) is 3.65. The van der Waals surface area contributed by atoms with Crippen LogP contribution in [-0.4, -0.2) is 11.5 Å². The second-order valence-electron chi connectivity index (χ2n) is 5.08. The van der Waals surface area contributed by atoms with Gasteiger partial charge in [0.25, 0.3) is 0 Å². The standard InChI is InChI=1S/C16H22N2/c1-11-7-8-15-12(2)10-14(6-4-5-9-17)18-16(15)13(11)3/h7-8,10H,4-6,9,17H2,1-3H3. The highest BCUT2D eigenvalue weighted by Crippen LogP contribution is 2.23. The summed E-state index contributed by atoms with van der Waals surface area (Å²) in [4.78, 5) is 4.83. The first-order valence-electron chi connectivity index (χ1n) is 6.70. The molecule has 0 aliphatic carbocycles. The molecule has 0 saturated heterocycles. The van der Waals surface area contributed by atoms with Gasteiger partial charge < -0.3 is 5.73 Å². The molecule has 2 nitrogen and oxygen atoms in total. The van der Waals surface area contributed by atoms with Crippen LogP contribution in [0.15, 0.2) is 18.2 Å². The number of aromatic nitrogens is 1. The Morgan fingerprint density at radius 2 is 1.83 bits per heavy atom. The molecule has 1 heterocycles. The van der Waals surface area contributed by atoms with Crippen LogP contribution in [0.5, 0.6) is 0 Å². The van der Waals surface area contributed by atoms with E-state index in [9.17, 15) is 0 Å². The minimum absolute atomic E-state index is 0.769. The van der Waals surface area contributed by atoms with Gasteiger partial charge in [-0.1, -0.05) is 12.1 Å². The summed E-state index contributed by atoms with van der Waals surface area (Å²) in [5.41, 5.74) is 11.8. The van der Waals surface area contributed by atoms with Crippen molar-refractivity contribution in [2.45, 2.75) is 40.0 Å². The van der Waals surface area contributed by atoms with Crippen molar-refractivity contribution >= 4 is 10.9 Å². The number of rotatable bonds is 4. The van der Waals surface area contributed by atoms with Crippen molar-refractivity contribution in [2.75, 3.05) is 6.54 Å². The molecular weight excluding hydrogens is 220 g/mol. The number of aryl methyl sites for hydroxylation is 4. The number of hydrogen-bond donors (Lipinski definition) is 1. The lowest BCUT2D eigenvalue weighted by atomic mass is 10.0. The first kappa shape index (κ1) is 13.0. The summed E-state index contributed by atoms with van der Waals surface area (Å²) in [5.74, 6) is 0. The summed E-state index contributed by atoms with van der Waals surface area (Å²) in [6.45, 7) is 7.25. The molecule has 1 aromatic heterocycles. The van der Waals surface area contributed by atoms with Gasteiger partial charge in [-0.15, -0.1) is 0 Å². The molecular formula is C16H22N2. The van der Waals surface area contributed by atoms with Crippen molar-refractivity contribution < 1.29 is 0 Å². The Labute approximate surface area is 109 Å². The van der Waals surface area contributed by atoms with Gasteiger partial charge in [0.15, 0.2) is 0 Å². The largest absolute Gasteiger partial charge is 0.330 e. The number of hydrogen-bond acceptors (Lipinski definition) is 2. The average Bonchev–Trinajstić information content (AvgIpc) is 2.35. The van der Waals surface area contributed by atoms with Crippen LogP contribution in [0.25, 0.3) is 10.9 Å². The number of benzene rings is 1. The van der Waals surface area contributed by atoms with E-state index in [2.05, 4.69) is 39.0 Å². The van der Waals surface area contributed by atoms with E-state index in [0.717, 1.165) is 31.3 Å². The van der Waals surface area contributed by atoms with Gasteiger partial charge in [0, 0.05) is 11.1 Å². The van der Waals surface area contributed by atoms with Crippen molar-refractivity contribution in [1.82, 2.24) is 4.98 Å². The summed E-state index contributed by atoms with van der Waals surface area (Å²) < 4.78 is 0. The topological polar surface area (TPSA) is 38.9 Å². The lowest BCUT2D eigenvalue weighted by Gasteiger charge is -2.10. The Morgan fingerprint density at radius 1 is 1.06 bits per heavy atom. The molecule has 0 aliphatic rings. The third kappa shape index (κ3) is 2.54. The Kier molecular flexibility index (Phi) is 3.97. The van der Waals surface area contributed by atoms with Crippen molar-refractivity contribution in [3.63, 3.8) is 0 Å². The number of nitrogens with two attached hydrogens (primary N) is 1. The lowest BCUT2D eigenvalue weighted by molar-refractivity contribution is 0.734. The number of nitrogens with zero attached hydrogens (tertiary/aromatic N) is 1. The van der Waals surface area contributed by atoms with Gasteiger partial charge in [0.2, 0.25) is 0 Å². The van der Waals surface area contributed by atoms with E-state index in [-0.39, 0.29) is 0 Å². The van der Waals surface area contributed by atoms with E-state index in [0.29, 0.717) is 0 Å². The monoisotopic (exact) mass is 242 g/mol. The summed E-state index contributed by atoms with van der Waals surface area (Å²) in [6.07, 6.45) is 3.23. The predicted octanol–water partition coefficient (Wildman–Crippen LogP) is 3.44. The number of fused-ring (bicyclic) bond motifs is 1. The van der Waals surface area contributed by atoms with Gasteiger partial charge in [0.05, 0.1) is 5.52 Å². The summed E-state index contributed by atoms with van der Waals surface area (Å²) in [6, 6.07) is 6.58. The first-order valence-corrected chi connectivity index (χ1v) is 6.70. The van der Waals surface area contributed by atoms with Crippen LogP contribution in [0.4, 0.5) is 0 Å². The van der Waals surface area contributed by atoms with E-state index < -0.39 is 0 Å². The summed E-state index contributed by atoms with van der Waals surface area (Å²) in [7, 11) is 0. The molecule has 1 aromatic carbocycles. The minimum atomic E-state index is 0.769. The quantitative estimate of drug-likeness (QED) is 0.834. The highest BCUT2D eigenvalue weighted by Gasteiger charge is 2.06. The van der Waals surface area contributed by atoms with Crippen LogP contribution in [-0.2, 0) is 6.42 Å². The van der Waals surface area contributed by atoms with Gasteiger partial charge in [-0.2, -0.15) is 0 Å². The smallest absolute Gasteiger partial charge is 0.0739 e. The van der Waals surface area contributed by atoms with Crippen LogP contribution in [0, 0.1) is 20.8 Å². The van der Waals surface area contributed by atoms with E-state index in [4.69, 9.17) is 10.7 Å². The maximum Gasteiger partial charge on any atom is 0.0739 e. The molecule has 0 amide bonds. The van der Waals surface area contributed by atoms with Gasteiger partial charge in [-0.05, 0) is 69.3 Å². The van der Waals surface area contributed by atoms with E-state index in [1.807, 2.05) is 0 Å². The Morgan fingerprint density at radius 3 is 2.56 bits per heavy atom. The van der Waals surface area contributed by atoms with Crippen LogP contribution >= 0.6 is 0 Å². The molecule has 0 saturated carbocycles. The van der Waals surface area contributed by atoms with Crippen LogP contribution in [0.2, 0.25) is 0 Å². The Bertz CT molecular complexity index is 559. The van der Waals surface area contributed by atoms with Gasteiger partial charge in [-0.3, -0.25) is 4.98 Å². The fourth-order valence-electron chi connectivity index (χ4n) is 2.35. The zero-order valence-electron chi connectivity index (χ0n) is 11.6. The lowest BCUT2D eigenvalue weighted by Crippen LogP contribution is -2.01. The number of pyridine rings is 1. The first-order chi connectivity index (χ1) is 8.63. The third-order valence-corrected chi connectivity index (χ3v) is 3.65. The normalized spacial score (nSPS) is 11.1. The molecule has 0 atom stereocenters. The second-order valence-corrected chi connectivity index (χ2v) is 5.08. The molecule has 2 heteroatoms. The molecule has 0 aliphatic heterocycles. The average molecular weight is 242 g/mol. The maximum atomic E-state index is 5.54. The SMILES string of the molecule is Cc1ccc2c(C)cc(CCCCN)nc2c1C. The molecule has 2 aromatic rings. The Hall–Kier alpha value is -1.41. The molecule has 0 spiro atoms. The van der Waals surface area contributed by atoms with Crippen molar-refractivity contribution in [1.29, 1.82) is 0 Å². The van der Waals surface area contributed by atoms with Gasteiger partial charge in [0.1, 0.15) is 0 Å². The fraction of sp³-hybridized carbons (Fsp3) is 0.438. The summed E-state index contributed by atoms with van der Waals surface area (Å²) in [5, 5.41) is 1.28. The second kappa shape index (κ2) is 5.49. The highest BCUT2D eigenvalue weighted by atomic mass is 14.7. The zero-order valence-corrected chi connectivity index (χ0v) is 11.6. The van der Waals surface area contributed by atoms with E-state index in [1.165, 1.54) is 27.8 Å². The fourth-order valence-corrected chi connectivity index (χ4v) is 2.35. The summed E-state index contributed by atoms with van der Waals surface area (Å²) >= 11 is 0. The molecule has 0 bridgehead atoms. The zero-order chi connectivity index (χ0) is 13.1. The van der Waals surface area contributed by atoms with Gasteiger partial charge in [-0.25, -0.2) is 0 Å². The molecule has 0 unspecified atom stereocenters. The van der Waals surface area contributed by atoms with Crippen LogP contribution in [0.1, 0.15) is 35.2 Å². The van der Waals surface area contributed by atoms with Gasteiger partial charge >= 0.3 is 0 Å². The van der Waals surface area contributed by atoms with Crippen LogP contribution in [0.3, 0.4) is 0 Å². The van der Waals surface area contributed by atoms with Crippen LogP contribution < -0.4 is 5.73 Å². The highest BCUT2D eigenvalue weighted by molar-refractivity contribution is 5.85. The Balaban J connectivity index is 2.43. The molecule has 18 heavy (non-hydrogen) atoms. The van der Waals surface area contributed by atoms with E-state index in [1.54, 1.807) is 0 Å². The molecule has 2 N–H and O–H groups in total. The van der Waals surface area contributed by atoms with Crippen molar-refractivity contribution in [2.24, 2.45) is 5.73 Å².